The molecule has 1 amide bonds. The second-order valence-electron chi connectivity index (χ2n) is 3.06. The van der Waals surface area contributed by atoms with Gasteiger partial charge < -0.3 is 14.9 Å². The molecule has 6 heteroatoms. The minimum absolute atomic E-state index is 0.294. The van der Waals surface area contributed by atoms with Gasteiger partial charge in [-0.25, -0.2) is 5.48 Å². The van der Waals surface area contributed by atoms with E-state index in [1.54, 1.807) is 0 Å². The number of rotatable bonds is 3. The van der Waals surface area contributed by atoms with E-state index in [-0.39, 0.29) is 12.5 Å². The molecule has 0 aromatic heterocycles. The van der Waals surface area contributed by atoms with Gasteiger partial charge in [0.05, 0.1) is 13.2 Å². The van der Waals surface area contributed by atoms with E-state index in [0.717, 1.165) is 0 Å². The van der Waals surface area contributed by atoms with Crippen molar-refractivity contribution in [1.82, 2.24) is 5.48 Å². The van der Waals surface area contributed by atoms with Crippen molar-refractivity contribution in [3.63, 3.8) is 0 Å². The third kappa shape index (κ3) is 2.91. The predicted molar refractivity (Wildman–Crippen MR) is 45.6 cm³/mol. The molecule has 0 saturated carbocycles. The van der Waals surface area contributed by atoms with Gasteiger partial charge in [-0.1, -0.05) is 0 Å². The Kier molecular flexibility index (Phi) is 4.27. The van der Waals surface area contributed by atoms with Crippen LogP contribution in [0.4, 0.5) is 0 Å². The number of hydroxylamine groups is 1. The number of amides is 1. The Morgan fingerprint density at radius 2 is 2.50 bits per heavy atom. The fourth-order valence-corrected chi connectivity index (χ4v) is 1.16. The van der Waals surface area contributed by atoms with Crippen molar-refractivity contribution in [2.24, 2.45) is 0 Å². The van der Waals surface area contributed by atoms with Crippen LogP contribution in [0.15, 0.2) is 0 Å². The van der Waals surface area contributed by atoms with Crippen LogP contribution < -0.4 is 5.48 Å². The van der Waals surface area contributed by atoms with Crippen LogP contribution in [-0.4, -0.2) is 41.0 Å². The van der Waals surface area contributed by atoms with Crippen LogP contribution in [0.1, 0.15) is 13.3 Å². The van der Waals surface area contributed by atoms with Gasteiger partial charge >= 0.3 is 0 Å². The van der Waals surface area contributed by atoms with E-state index in [1.165, 1.54) is 13.5 Å². The highest BCUT2D eigenvalue weighted by atomic mass is 16.7. The number of aliphatic hydroxyl groups excluding tert-OH is 2. The molecule has 1 radical (unpaired) electrons. The van der Waals surface area contributed by atoms with Crippen molar-refractivity contribution in [3.8, 4) is 0 Å². The molecule has 0 aliphatic carbocycles. The Labute approximate surface area is 81.8 Å². The zero-order valence-electron chi connectivity index (χ0n) is 7.84. The molecule has 1 heterocycles. The third-order valence-electron chi connectivity index (χ3n) is 1.90. The second-order valence-corrected chi connectivity index (χ2v) is 3.06. The van der Waals surface area contributed by atoms with Gasteiger partial charge in [-0.05, 0) is 0 Å². The first kappa shape index (κ1) is 11.4. The van der Waals surface area contributed by atoms with Gasteiger partial charge in [0.2, 0.25) is 5.91 Å². The molecule has 0 aromatic rings. The zero-order chi connectivity index (χ0) is 10.6. The highest BCUT2D eigenvalue weighted by Crippen LogP contribution is 2.19. The molecular weight excluding hydrogens is 190 g/mol. The van der Waals surface area contributed by atoms with E-state index < -0.39 is 18.3 Å². The Balaban J connectivity index is 2.39. The van der Waals surface area contributed by atoms with Crippen LogP contribution in [0, 0.1) is 6.61 Å². The van der Waals surface area contributed by atoms with E-state index in [0.29, 0.717) is 6.42 Å². The third-order valence-corrected chi connectivity index (χ3v) is 1.90. The number of ether oxygens (including phenoxy) is 1. The molecule has 0 unspecified atom stereocenters. The zero-order valence-corrected chi connectivity index (χ0v) is 7.84. The monoisotopic (exact) mass is 204 g/mol. The summed E-state index contributed by atoms with van der Waals surface area (Å²) in [5.74, 6) is -0.343. The highest BCUT2D eigenvalue weighted by Gasteiger charge is 2.33. The fourth-order valence-electron chi connectivity index (χ4n) is 1.16. The van der Waals surface area contributed by atoms with Crippen LogP contribution >= 0.6 is 0 Å². The van der Waals surface area contributed by atoms with Gasteiger partial charge in [0.1, 0.15) is 18.3 Å². The number of carbonyl (C=O) groups is 1. The molecular formula is C8H14NO5. The van der Waals surface area contributed by atoms with Gasteiger partial charge in [0, 0.05) is 13.3 Å². The summed E-state index contributed by atoms with van der Waals surface area (Å²) < 4.78 is 4.96. The van der Waals surface area contributed by atoms with E-state index in [2.05, 4.69) is 5.48 Å². The molecule has 81 valence electrons. The molecule has 6 nitrogen and oxygen atoms in total. The number of nitrogens with one attached hydrogen (secondary N) is 1. The first-order valence-corrected chi connectivity index (χ1v) is 4.33. The lowest BCUT2D eigenvalue weighted by molar-refractivity contribution is -0.174. The molecule has 1 aliphatic heterocycles. The minimum Gasteiger partial charge on any atom is -0.394 e. The van der Waals surface area contributed by atoms with Gasteiger partial charge in [-0.3, -0.25) is 9.63 Å². The van der Waals surface area contributed by atoms with Crippen molar-refractivity contribution >= 4 is 5.91 Å². The summed E-state index contributed by atoms with van der Waals surface area (Å²) in [5, 5.41) is 18.4. The summed E-state index contributed by atoms with van der Waals surface area (Å²) in [7, 11) is 0. The summed E-state index contributed by atoms with van der Waals surface area (Å²) in [5.41, 5.74) is 2.13. The van der Waals surface area contributed by atoms with Crippen molar-refractivity contribution in [2.75, 3.05) is 6.61 Å². The van der Waals surface area contributed by atoms with Crippen molar-refractivity contribution in [3.05, 3.63) is 6.61 Å². The van der Waals surface area contributed by atoms with Crippen LogP contribution in [0.25, 0.3) is 0 Å². The standard InChI is InChI=1S/C8H14NO5/c1-5(11)9-14-6-2-3-13-7(4-10)8(6)12/h3,6-8,10,12H,2,4H2,1H3,(H,9,11)/t6-,7-,8+/m0/s1. The van der Waals surface area contributed by atoms with Crippen molar-refractivity contribution in [1.29, 1.82) is 0 Å². The minimum atomic E-state index is -0.947. The van der Waals surface area contributed by atoms with E-state index in [4.69, 9.17) is 14.7 Å². The molecule has 1 saturated heterocycles. The number of hydrogen-bond donors (Lipinski definition) is 3. The number of aliphatic hydroxyl groups is 2. The quantitative estimate of drug-likeness (QED) is 0.499. The van der Waals surface area contributed by atoms with Crippen molar-refractivity contribution in [2.45, 2.75) is 31.7 Å². The van der Waals surface area contributed by atoms with Crippen LogP contribution in [0.2, 0.25) is 0 Å². The predicted octanol–water partition coefficient (Wildman–Crippen LogP) is -1.27. The molecule has 3 atom stereocenters. The van der Waals surface area contributed by atoms with E-state index in [1.807, 2.05) is 0 Å². The average molecular weight is 204 g/mol. The molecule has 1 fully saturated rings. The second kappa shape index (κ2) is 5.26. The maximum absolute atomic E-state index is 10.5. The summed E-state index contributed by atoms with van der Waals surface area (Å²) in [6, 6.07) is 0. The highest BCUT2D eigenvalue weighted by molar-refractivity contribution is 5.71. The normalized spacial score (nSPS) is 32.6. The molecule has 0 bridgehead atoms. The lowest BCUT2D eigenvalue weighted by Gasteiger charge is -2.32. The summed E-state index contributed by atoms with van der Waals surface area (Å²) in [6.45, 7) is 2.45. The maximum Gasteiger partial charge on any atom is 0.240 e. The average Bonchev–Trinajstić information content (AvgIpc) is 2.16. The largest absolute Gasteiger partial charge is 0.394 e. The molecule has 1 aliphatic rings. The van der Waals surface area contributed by atoms with Crippen molar-refractivity contribution < 1.29 is 24.6 Å². The van der Waals surface area contributed by atoms with Gasteiger partial charge in [0.15, 0.2) is 0 Å². The Hall–Kier alpha value is -0.690. The lowest BCUT2D eigenvalue weighted by Crippen LogP contribution is -2.48. The molecule has 0 spiro atoms. The number of hydrogen-bond acceptors (Lipinski definition) is 5. The van der Waals surface area contributed by atoms with Gasteiger partial charge in [-0.2, -0.15) is 0 Å². The molecule has 0 aromatic carbocycles. The van der Waals surface area contributed by atoms with Crippen LogP contribution in [-0.2, 0) is 14.4 Å². The summed E-state index contributed by atoms with van der Waals surface area (Å²) >= 11 is 0. The fraction of sp³-hybridized carbons (Fsp3) is 0.750. The smallest absolute Gasteiger partial charge is 0.240 e. The van der Waals surface area contributed by atoms with Gasteiger partial charge in [-0.15, -0.1) is 0 Å². The van der Waals surface area contributed by atoms with Gasteiger partial charge in [0.25, 0.3) is 0 Å². The van der Waals surface area contributed by atoms with E-state index >= 15 is 0 Å². The maximum atomic E-state index is 10.5. The first-order valence-electron chi connectivity index (χ1n) is 4.33. The van der Waals surface area contributed by atoms with Crippen LogP contribution in [0.5, 0.6) is 0 Å². The first-order chi connectivity index (χ1) is 6.65. The summed E-state index contributed by atoms with van der Waals surface area (Å²) in [6.07, 6.45) is -1.86. The Morgan fingerprint density at radius 1 is 1.79 bits per heavy atom. The topological polar surface area (TPSA) is 88.0 Å². The molecule has 14 heavy (non-hydrogen) atoms. The van der Waals surface area contributed by atoms with Crippen LogP contribution in [0.3, 0.4) is 0 Å². The SMILES string of the molecule is CC(=O)NO[C@H]1C[CH]O[C@@H](CO)[C@@H]1O. The molecule has 3 N–H and O–H groups in total. The number of carbonyl (C=O) groups excluding carboxylic acids is 1. The van der Waals surface area contributed by atoms with E-state index in [9.17, 15) is 9.90 Å². The molecule has 1 rings (SSSR count). The Morgan fingerprint density at radius 3 is 3.07 bits per heavy atom. The lowest BCUT2D eigenvalue weighted by atomic mass is 10.0. The Bertz CT molecular complexity index is 198. The summed E-state index contributed by atoms with van der Waals surface area (Å²) in [4.78, 5) is 15.5.